The standard InChI is InChI=1S/C11H9N3O/c1-8-3-2-4-14-10(8)11(15)9-7-12-5-6-13-9/h2-7H,1H3. The predicted molar refractivity (Wildman–Crippen MR) is 54.4 cm³/mol. The van der Waals surface area contributed by atoms with Gasteiger partial charge in [0, 0.05) is 18.6 Å². The molecule has 0 aliphatic rings. The highest BCUT2D eigenvalue weighted by Crippen LogP contribution is 2.08. The van der Waals surface area contributed by atoms with Crippen LogP contribution in [-0.4, -0.2) is 20.7 Å². The second kappa shape index (κ2) is 3.96. The van der Waals surface area contributed by atoms with E-state index in [-0.39, 0.29) is 5.78 Å². The predicted octanol–water partition coefficient (Wildman–Crippen LogP) is 1.41. The van der Waals surface area contributed by atoms with Crippen molar-refractivity contribution >= 4 is 5.78 Å². The van der Waals surface area contributed by atoms with Gasteiger partial charge in [-0.25, -0.2) is 4.98 Å². The Hall–Kier alpha value is -2.10. The number of aryl methyl sites for hydroxylation is 1. The van der Waals surface area contributed by atoms with Crippen LogP contribution >= 0.6 is 0 Å². The molecule has 0 saturated heterocycles. The minimum Gasteiger partial charge on any atom is -0.285 e. The molecule has 0 saturated carbocycles. The summed E-state index contributed by atoms with van der Waals surface area (Å²) in [5, 5.41) is 0. The molecule has 0 radical (unpaired) electrons. The highest BCUT2D eigenvalue weighted by Gasteiger charge is 2.13. The van der Waals surface area contributed by atoms with Gasteiger partial charge in [-0.15, -0.1) is 0 Å². The first-order valence-corrected chi connectivity index (χ1v) is 4.51. The number of carbonyl (C=O) groups is 1. The van der Waals surface area contributed by atoms with Crippen LogP contribution in [0.3, 0.4) is 0 Å². The zero-order chi connectivity index (χ0) is 10.7. The molecule has 4 heteroatoms. The molecule has 0 spiro atoms. The van der Waals surface area contributed by atoms with Crippen LogP contribution in [0.25, 0.3) is 0 Å². The third-order valence-electron chi connectivity index (χ3n) is 2.02. The number of ketones is 1. The fourth-order valence-corrected chi connectivity index (χ4v) is 1.26. The van der Waals surface area contributed by atoms with Crippen LogP contribution in [0.5, 0.6) is 0 Å². The smallest absolute Gasteiger partial charge is 0.231 e. The lowest BCUT2D eigenvalue weighted by Gasteiger charge is -2.01. The Bertz CT molecular complexity index is 482. The van der Waals surface area contributed by atoms with E-state index in [0.717, 1.165) is 5.56 Å². The Morgan fingerprint density at radius 1 is 1.20 bits per heavy atom. The van der Waals surface area contributed by atoms with E-state index in [0.29, 0.717) is 11.4 Å². The summed E-state index contributed by atoms with van der Waals surface area (Å²) in [5.41, 5.74) is 1.59. The summed E-state index contributed by atoms with van der Waals surface area (Å²) >= 11 is 0. The molecule has 0 aliphatic carbocycles. The fourth-order valence-electron chi connectivity index (χ4n) is 1.26. The van der Waals surface area contributed by atoms with E-state index in [2.05, 4.69) is 15.0 Å². The highest BCUT2D eigenvalue weighted by molar-refractivity contribution is 6.06. The number of hydrogen-bond acceptors (Lipinski definition) is 4. The minimum atomic E-state index is -0.193. The topological polar surface area (TPSA) is 55.7 Å². The van der Waals surface area contributed by atoms with Crippen LogP contribution in [-0.2, 0) is 0 Å². The Balaban J connectivity index is 2.42. The molecule has 0 N–H and O–H groups in total. The van der Waals surface area contributed by atoms with Crippen LogP contribution in [0.1, 0.15) is 21.7 Å². The maximum Gasteiger partial charge on any atom is 0.231 e. The first kappa shape index (κ1) is 9.45. The highest BCUT2D eigenvalue weighted by atomic mass is 16.1. The van der Waals surface area contributed by atoms with Crippen molar-refractivity contribution in [3.8, 4) is 0 Å². The SMILES string of the molecule is Cc1cccnc1C(=O)c1cnccn1. The maximum atomic E-state index is 11.9. The molecule has 2 aromatic heterocycles. The minimum absolute atomic E-state index is 0.193. The molecular formula is C11H9N3O. The molecule has 0 bridgehead atoms. The fraction of sp³-hybridized carbons (Fsp3) is 0.0909. The van der Waals surface area contributed by atoms with Gasteiger partial charge in [0.25, 0.3) is 0 Å². The number of carbonyl (C=O) groups excluding carboxylic acids is 1. The van der Waals surface area contributed by atoms with Gasteiger partial charge in [-0.2, -0.15) is 0 Å². The van der Waals surface area contributed by atoms with E-state index >= 15 is 0 Å². The van der Waals surface area contributed by atoms with Crippen LogP contribution < -0.4 is 0 Å². The van der Waals surface area contributed by atoms with E-state index in [1.165, 1.54) is 18.6 Å². The Kier molecular flexibility index (Phi) is 2.49. The first-order chi connectivity index (χ1) is 7.29. The summed E-state index contributed by atoms with van der Waals surface area (Å²) in [6.07, 6.45) is 6.06. The average Bonchev–Trinajstić information content (AvgIpc) is 2.30. The first-order valence-electron chi connectivity index (χ1n) is 4.51. The van der Waals surface area contributed by atoms with Crippen molar-refractivity contribution in [3.05, 3.63) is 53.9 Å². The van der Waals surface area contributed by atoms with E-state index in [1.54, 1.807) is 12.3 Å². The van der Waals surface area contributed by atoms with Gasteiger partial charge in [-0.1, -0.05) is 6.07 Å². The van der Waals surface area contributed by atoms with E-state index in [9.17, 15) is 4.79 Å². The summed E-state index contributed by atoms with van der Waals surface area (Å²) in [7, 11) is 0. The quantitative estimate of drug-likeness (QED) is 0.686. The normalized spacial score (nSPS) is 9.93. The lowest BCUT2D eigenvalue weighted by molar-refractivity contribution is 0.102. The number of hydrogen-bond donors (Lipinski definition) is 0. The summed E-state index contributed by atoms with van der Waals surface area (Å²) in [6, 6.07) is 3.64. The molecule has 4 nitrogen and oxygen atoms in total. The van der Waals surface area contributed by atoms with Crippen LogP contribution in [0, 0.1) is 6.92 Å². The van der Waals surface area contributed by atoms with E-state index in [1.807, 2.05) is 13.0 Å². The van der Waals surface area contributed by atoms with Gasteiger partial charge in [-0.3, -0.25) is 14.8 Å². The molecule has 2 aromatic rings. The van der Waals surface area contributed by atoms with E-state index < -0.39 is 0 Å². The van der Waals surface area contributed by atoms with Gasteiger partial charge in [0.1, 0.15) is 11.4 Å². The number of pyridine rings is 1. The second-order valence-corrected chi connectivity index (χ2v) is 3.09. The molecule has 0 fully saturated rings. The third kappa shape index (κ3) is 1.88. The maximum absolute atomic E-state index is 11.9. The van der Waals surface area contributed by atoms with Crippen molar-refractivity contribution < 1.29 is 4.79 Å². The largest absolute Gasteiger partial charge is 0.285 e. The summed E-state index contributed by atoms with van der Waals surface area (Å²) < 4.78 is 0. The van der Waals surface area contributed by atoms with Crippen molar-refractivity contribution in [2.75, 3.05) is 0 Å². The molecule has 2 heterocycles. The zero-order valence-electron chi connectivity index (χ0n) is 8.21. The average molecular weight is 199 g/mol. The van der Waals surface area contributed by atoms with Crippen LogP contribution in [0.4, 0.5) is 0 Å². The van der Waals surface area contributed by atoms with Crippen molar-refractivity contribution in [2.24, 2.45) is 0 Å². The van der Waals surface area contributed by atoms with E-state index in [4.69, 9.17) is 0 Å². The molecule has 0 aliphatic heterocycles. The summed E-state index contributed by atoms with van der Waals surface area (Å²) in [4.78, 5) is 23.7. The van der Waals surface area contributed by atoms with Gasteiger partial charge >= 0.3 is 0 Å². The van der Waals surface area contributed by atoms with Crippen molar-refractivity contribution in [3.63, 3.8) is 0 Å². The van der Waals surface area contributed by atoms with Gasteiger partial charge < -0.3 is 0 Å². The van der Waals surface area contributed by atoms with Crippen LogP contribution in [0.15, 0.2) is 36.9 Å². The molecule has 74 valence electrons. The van der Waals surface area contributed by atoms with Crippen molar-refractivity contribution in [1.82, 2.24) is 15.0 Å². The molecule has 2 rings (SSSR count). The number of aromatic nitrogens is 3. The Morgan fingerprint density at radius 3 is 2.73 bits per heavy atom. The van der Waals surface area contributed by atoms with Crippen molar-refractivity contribution in [2.45, 2.75) is 6.92 Å². The molecular weight excluding hydrogens is 190 g/mol. The molecule has 0 aromatic carbocycles. The number of rotatable bonds is 2. The van der Waals surface area contributed by atoms with Gasteiger partial charge in [0.15, 0.2) is 0 Å². The zero-order valence-corrected chi connectivity index (χ0v) is 8.21. The lowest BCUT2D eigenvalue weighted by atomic mass is 10.1. The summed E-state index contributed by atoms with van der Waals surface area (Å²) in [6.45, 7) is 1.84. The van der Waals surface area contributed by atoms with Gasteiger partial charge in [-0.05, 0) is 18.6 Å². The van der Waals surface area contributed by atoms with Gasteiger partial charge in [0.2, 0.25) is 5.78 Å². The second-order valence-electron chi connectivity index (χ2n) is 3.09. The number of nitrogens with zero attached hydrogens (tertiary/aromatic N) is 3. The monoisotopic (exact) mass is 199 g/mol. The molecule has 15 heavy (non-hydrogen) atoms. The third-order valence-corrected chi connectivity index (χ3v) is 2.02. The molecule has 0 amide bonds. The Labute approximate surface area is 87.0 Å². The summed E-state index contributed by atoms with van der Waals surface area (Å²) in [5.74, 6) is -0.193. The lowest BCUT2D eigenvalue weighted by Crippen LogP contribution is -2.08. The molecule has 0 unspecified atom stereocenters. The molecule has 0 atom stereocenters. The Morgan fingerprint density at radius 2 is 2.07 bits per heavy atom. The van der Waals surface area contributed by atoms with Crippen molar-refractivity contribution in [1.29, 1.82) is 0 Å². The van der Waals surface area contributed by atoms with Crippen LogP contribution in [0.2, 0.25) is 0 Å². The van der Waals surface area contributed by atoms with Gasteiger partial charge in [0.05, 0.1) is 6.20 Å².